The second-order valence-electron chi connectivity index (χ2n) is 6.60. The lowest BCUT2D eigenvalue weighted by molar-refractivity contribution is -0.384. The van der Waals surface area contributed by atoms with Gasteiger partial charge in [-0.05, 0) is 36.4 Å². The third-order valence-electron chi connectivity index (χ3n) is 4.65. The van der Waals surface area contributed by atoms with Gasteiger partial charge in [-0.3, -0.25) is 19.5 Å². The van der Waals surface area contributed by atoms with E-state index in [1.54, 1.807) is 12.1 Å². The first-order valence-corrected chi connectivity index (χ1v) is 9.95. The predicted molar refractivity (Wildman–Crippen MR) is 121 cm³/mol. The second kappa shape index (κ2) is 8.41. The molecule has 0 fully saturated rings. The van der Waals surface area contributed by atoms with E-state index in [4.69, 9.17) is 0 Å². The first-order chi connectivity index (χ1) is 14.9. The lowest BCUT2D eigenvalue weighted by Gasteiger charge is -2.11. The minimum atomic E-state index is -0.531. The third kappa shape index (κ3) is 4.17. The van der Waals surface area contributed by atoms with Gasteiger partial charge in [-0.1, -0.05) is 40.2 Å². The zero-order valence-electron chi connectivity index (χ0n) is 15.9. The molecular formula is C22H15BrN4O4. The van der Waals surface area contributed by atoms with Crippen molar-refractivity contribution in [1.82, 2.24) is 14.9 Å². The van der Waals surface area contributed by atoms with Crippen molar-refractivity contribution in [3.05, 3.63) is 115 Å². The standard InChI is InChI=1S/C22H15BrN4O4/c23-16-9-5-14(6-10-16)20(26-19-4-2-1-3-18(19)25-22(26)29)13-24-21(28)15-7-11-17(12-8-15)27(30)31/h1-13H,(H,24,28)(H,25,29)/b20-13-. The van der Waals surface area contributed by atoms with Crippen LogP contribution in [0.2, 0.25) is 0 Å². The van der Waals surface area contributed by atoms with E-state index in [1.807, 2.05) is 36.4 Å². The van der Waals surface area contributed by atoms with Gasteiger partial charge in [0.2, 0.25) is 0 Å². The van der Waals surface area contributed by atoms with Crippen LogP contribution in [0.4, 0.5) is 5.69 Å². The van der Waals surface area contributed by atoms with Gasteiger partial charge in [-0.2, -0.15) is 0 Å². The molecule has 1 aromatic heterocycles. The molecule has 31 heavy (non-hydrogen) atoms. The van der Waals surface area contributed by atoms with E-state index in [2.05, 4.69) is 26.2 Å². The van der Waals surface area contributed by atoms with Crippen LogP contribution in [0.5, 0.6) is 0 Å². The van der Waals surface area contributed by atoms with E-state index in [0.717, 1.165) is 4.47 Å². The number of benzene rings is 3. The zero-order valence-corrected chi connectivity index (χ0v) is 17.5. The summed E-state index contributed by atoms with van der Waals surface area (Å²) >= 11 is 3.39. The van der Waals surface area contributed by atoms with Gasteiger partial charge in [-0.25, -0.2) is 4.79 Å². The van der Waals surface area contributed by atoms with Gasteiger partial charge >= 0.3 is 5.69 Å². The van der Waals surface area contributed by atoms with Crippen LogP contribution >= 0.6 is 15.9 Å². The maximum absolute atomic E-state index is 12.7. The van der Waals surface area contributed by atoms with Crippen molar-refractivity contribution >= 4 is 44.3 Å². The van der Waals surface area contributed by atoms with Crippen molar-refractivity contribution in [3.63, 3.8) is 0 Å². The first kappa shape index (κ1) is 20.3. The number of imidazole rings is 1. The highest BCUT2D eigenvalue weighted by atomic mass is 79.9. The lowest BCUT2D eigenvalue weighted by atomic mass is 10.1. The van der Waals surface area contributed by atoms with E-state index in [0.29, 0.717) is 22.3 Å². The van der Waals surface area contributed by atoms with Crippen LogP contribution in [0.1, 0.15) is 15.9 Å². The van der Waals surface area contributed by atoms with Crippen molar-refractivity contribution in [2.75, 3.05) is 0 Å². The molecule has 0 spiro atoms. The average molecular weight is 479 g/mol. The molecule has 154 valence electrons. The molecule has 0 aliphatic carbocycles. The number of nitrogens with zero attached hydrogens (tertiary/aromatic N) is 2. The fourth-order valence-corrected chi connectivity index (χ4v) is 3.41. The number of hydrogen-bond acceptors (Lipinski definition) is 4. The fraction of sp³-hybridized carbons (Fsp3) is 0. The monoisotopic (exact) mass is 478 g/mol. The highest BCUT2D eigenvalue weighted by Crippen LogP contribution is 2.22. The van der Waals surface area contributed by atoms with E-state index in [-0.39, 0.29) is 16.9 Å². The SMILES string of the molecule is O=C(N/C=C(/c1ccc(Br)cc1)n1c(=O)[nH]c2ccccc21)c1ccc([N+](=O)[O-])cc1. The number of aromatic nitrogens is 2. The molecule has 0 radical (unpaired) electrons. The summed E-state index contributed by atoms with van der Waals surface area (Å²) in [6, 6.07) is 19.8. The Labute approximate surface area is 184 Å². The molecule has 0 unspecified atom stereocenters. The number of non-ortho nitro benzene ring substituents is 1. The number of hydrogen-bond donors (Lipinski definition) is 2. The number of fused-ring (bicyclic) bond motifs is 1. The summed E-state index contributed by atoms with van der Waals surface area (Å²) in [5.41, 5.74) is 2.30. The van der Waals surface area contributed by atoms with Crippen molar-refractivity contribution in [2.24, 2.45) is 0 Å². The predicted octanol–water partition coefficient (Wildman–Crippen LogP) is 4.28. The minimum absolute atomic E-state index is 0.104. The zero-order chi connectivity index (χ0) is 22.0. The number of carbonyl (C=O) groups excluding carboxylic acids is 1. The largest absolute Gasteiger partial charge is 0.331 e. The van der Waals surface area contributed by atoms with E-state index < -0.39 is 10.8 Å². The highest BCUT2D eigenvalue weighted by Gasteiger charge is 2.14. The van der Waals surface area contributed by atoms with Gasteiger partial charge in [0.15, 0.2) is 0 Å². The van der Waals surface area contributed by atoms with Crippen LogP contribution in [-0.2, 0) is 0 Å². The Morgan fingerprint density at radius 1 is 1.00 bits per heavy atom. The average Bonchev–Trinajstić information content (AvgIpc) is 3.11. The Morgan fingerprint density at radius 2 is 1.65 bits per heavy atom. The summed E-state index contributed by atoms with van der Waals surface area (Å²) in [5, 5.41) is 13.5. The summed E-state index contributed by atoms with van der Waals surface area (Å²) in [4.78, 5) is 38.4. The highest BCUT2D eigenvalue weighted by molar-refractivity contribution is 9.10. The molecule has 4 aromatic rings. The molecule has 9 heteroatoms. The van der Waals surface area contributed by atoms with Gasteiger partial charge < -0.3 is 10.3 Å². The van der Waals surface area contributed by atoms with Crippen molar-refractivity contribution in [2.45, 2.75) is 0 Å². The molecule has 3 aromatic carbocycles. The Balaban J connectivity index is 1.76. The molecular weight excluding hydrogens is 464 g/mol. The van der Waals surface area contributed by atoms with E-state index in [1.165, 1.54) is 35.0 Å². The number of carbonyl (C=O) groups is 1. The minimum Gasteiger partial charge on any atom is -0.326 e. The molecule has 0 aliphatic rings. The van der Waals surface area contributed by atoms with Crippen LogP contribution in [0.15, 0.2) is 88.3 Å². The summed E-state index contributed by atoms with van der Waals surface area (Å²) in [7, 11) is 0. The molecule has 1 heterocycles. The van der Waals surface area contributed by atoms with Crippen LogP contribution < -0.4 is 11.0 Å². The van der Waals surface area contributed by atoms with Crippen LogP contribution in [0.25, 0.3) is 16.7 Å². The smallest absolute Gasteiger partial charge is 0.326 e. The van der Waals surface area contributed by atoms with E-state index >= 15 is 0 Å². The van der Waals surface area contributed by atoms with Gasteiger partial charge in [0, 0.05) is 33.9 Å². The normalized spacial score (nSPS) is 11.5. The van der Waals surface area contributed by atoms with Gasteiger partial charge in [-0.15, -0.1) is 0 Å². The first-order valence-electron chi connectivity index (χ1n) is 9.15. The number of halogens is 1. The molecule has 2 N–H and O–H groups in total. The van der Waals surface area contributed by atoms with Crippen molar-refractivity contribution < 1.29 is 9.72 Å². The molecule has 8 nitrogen and oxygen atoms in total. The Morgan fingerprint density at radius 3 is 2.32 bits per heavy atom. The van der Waals surface area contributed by atoms with Gasteiger partial charge in [0.25, 0.3) is 11.6 Å². The molecule has 0 bridgehead atoms. The molecule has 0 saturated carbocycles. The van der Waals surface area contributed by atoms with Crippen molar-refractivity contribution in [3.8, 4) is 0 Å². The number of nitrogens with one attached hydrogen (secondary N) is 2. The second-order valence-corrected chi connectivity index (χ2v) is 7.51. The third-order valence-corrected chi connectivity index (χ3v) is 5.18. The lowest BCUT2D eigenvalue weighted by Crippen LogP contribution is -2.22. The summed E-state index contributed by atoms with van der Waals surface area (Å²) in [5.74, 6) is -0.461. The number of nitro benzene ring substituents is 1. The molecule has 4 rings (SSSR count). The number of nitro groups is 1. The van der Waals surface area contributed by atoms with Crippen LogP contribution in [0, 0.1) is 10.1 Å². The fourth-order valence-electron chi connectivity index (χ4n) is 3.14. The van der Waals surface area contributed by atoms with Crippen LogP contribution in [-0.4, -0.2) is 20.4 Å². The molecule has 0 aliphatic heterocycles. The number of aromatic amines is 1. The van der Waals surface area contributed by atoms with Gasteiger partial charge in [0.1, 0.15) is 0 Å². The maximum atomic E-state index is 12.7. The Bertz CT molecular complexity index is 1370. The van der Waals surface area contributed by atoms with Crippen LogP contribution in [0.3, 0.4) is 0 Å². The summed E-state index contributed by atoms with van der Waals surface area (Å²) < 4.78 is 2.35. The number of H-pyrrole nitrogens is 1. The molecule has 0 saturated heterocycles. The summed E-state index contributed by atoms with van der Waals surface area (Å²) in [6.07, 6.45) is 1.45. The van der Waals surface area contributed by atoms with Crippen molar-refractivity contribution in [1.29, 1.82) is 0 Å². The number of rotatable bonds is 5. The molecule has 0 atom stereocenters. The quantitative estimate of drug-likeness (QED) is 0.329. The Kier molecular flexibility index (Phi) is 5.50. The summed E-state index contributed by atoms with van der Waals surface area (Å²) in [6.45, 7) is 0. The van der Waals surface area contributed by atoms with E-state index in [9.17, 15) is 19.7 Å². The maximum Gasteiger partial charge on any atom is 0.331 e. The van der Waals surface area contributed by atoms with Gasteiger partial charge in [0.05, 0.1) is 21.7 Å². The Hall–Kier alpha value is -3.98. The number of para-hydroxylation sites is 2. The topological polar surface area (TPSA) is 110 Å². The number of amides is 1. The molecule has 1 amide bonds.